The van der Waals surface area contributed by atoms with Crippen LogP contribution in [0.5, 0.6) is 5.75 Å². The van der Waals surface area contributed by atoms with Gasteiger partial charge in [-0.15, -0.1) is 0 Å². The molecule has 2 rings (SSSR count). The highest BCUT2D eigenvalue weighted by Crippen LogP contribution is 2.33. The quantitative estimate of drug-likeness (QED) is 0.894. The van der Waals surface area contributed by atoms with Crippen LogP contribution < -0.4 is 4.74 Å². The lowest BCUT2D eigenvalue weighted by atomic mass is 9.88. The van der Waals surface area contributed by atoms with Gasteiger partial charge in [-0.25, -0.2) is 0 Å². The molecule has 1 saturated heterocycles. The minimum Gasteiger partial charge on any atom is -0.496 e. The number of carbonyl (C=O) groups is 2. The van der Waals surface area contributed by atoms with E-state index in [0.717, 1.165) is 0 Å². The summed E-state index contributed by atoms with van der Waals surface area (Å²) in [7, 11) is 2.92. The summed E-state index contributed by atoms with van der Waals surface area (Å²) in [6.07, 6.45) is 0.352. The number of halogens is 1. The van der Waals surface area contributed by atoms with Crippen molar-refractivity contribution in [3.63, 3.8) is 0 Å². The van der Waals surface area contributed by atoms with Crippen LogP contribution in [0.2, 0.25) is 5.02 Å². The zero-order chi connectivity index (χ0) is 16.3. The van der Waals surface area contributed by atoms with Crippen LogP contribution in [-0.4, -0.2) is 55.8 Å². The van der Waals surface area contributed by atoms with Gasteiger partial charge in [0.25, 0.3) is 5.91 Å². The summed E-state index contributed by atoms with van der Waals surface area (Å²) in [5, 5.41) is 9.87. The summed E-state index contributed by atoms with van der Waals surface area (Å²) >= 11 is 5.94. The number of hydrogen-bond donors (Lipinski definition) is 1. The van der Waals surface area contributed by atoms with Gasteiger partial charge in [0.15, 0.2) is 0 Å². The Morgan fingerprint density at radius 1 is 1.41 bits per heavy atom. The van der Waals surface area contributed by atoms with Crippen LogP contribution in [0.25, 0.3) is 0 Å². The lowest BCUT2D eigenvalue weighted by Gasteiger charge is -2.24. The molecule has 1 unspecified atom stereocenters. The van der Waals surface area contributed by atoms with Crippen molar-refractivity contribution < 1.29 is 24.2 Å². The van der Waals surface area contributed by atoms with E-state index < -0.39 is 11.4 Å². The van der Waals surface area contributed by atoms with Gasteiger partial charge in [0.05, 0.1) is 19.3 Å². The zero-order valence-corrected chi connectivity index (χ0v) is 13.2. The number of benzene rings is 1. The summed E-state index contributed by atoms with van der Waals surface area (Å²) in [6, 6.07) is 4.78. The Hall–Kier alpha value is -1.79. The number of nitrogens with zero attached hydrogens (tertiary/aromatic N) is 1. The van der Waals surface area contributed by atoms with Crippen LogP contribution >= 0.6 is 11.6 Å². The lowest BCUT2D eigenvalue weighted by molar-refractivity contribution is -0.151. The molecule has 1 aliphatic rings. The Bertz CT molecular complexity index is 591. The molecule has 22 heavy (non-hydrogen) atoms. The summed E-state index contributed by atoms with van der Waals surface area (Å²) < 4.78 is 10.2. The van der Waals surface area contributed by atoms with Gasteiger partial charge in [-0.1, -0.05) is 11.6 Å². The molecule has 1 fully saturated rings. The molecule has 0 aromatic heterocycles. The largest absolute Gasteiger partial charge is 0.496 e. The maximum Gasteiger partial charge on any atom is 0.313 e. The Labute approximate surface area is 133 Å². The molecule has 7 heteroatoms. The number of methoxy groups -OCH3 is 2. The number of hydrogen-bond acceptors (Lipinski definition) is 4. The highest BCUT2D eigenvalue weighted by Gasteiger charge is 2.46. The fourth-order valence-electron chi connectivity index (χ4n) is 2.69. The third-order valence-electron chi connectivity index (χ3n) is 3.91. The summed E-state index contributed by atoms with van der Waals surface area (Å²) in [4.78, 5) is 25.7. The van der Waals surface area contributed by atoms with Crippen molar-refractivity contribution in [2.24, 2.45) is 5.41 Å². The van der Waals surface area contributed by atoms with Crippen molar-refractivity contribution in [2.75, 3.05) is 33.9 Å². The first-order valence-electron chi connectivity index (χ1n) is 6.78. The van der Waals surface area contributed by atoms with Crippen molar-refractivity contribution in [3.05, 3.63) is 28.8 Å². The number of carboxylic acids is 1. The number of likely N-dealkylation sites (tertiary alicyclic amines) is 1. The highest BCUT2D eigenvalue weighted by molar-refractivity contribution is 6.31. The first kappa shape index (κ1) is 16.6. The predicted molar refractivity (Wildman–Crippen MR) is 80.5 cm³/mol. The average Bonchev–Trinajstić information content (AvgIpc) is 2.92. The van der Waals surface area contributed by atoms with Gasteiger partial charge in [0.1, 0.15) is 11.2 Å². The van der Waals surface area contributed by atoms with Crippen LogP contribution in [0.1, 0.15) is 16.8 Å². The van der Waals surface area contributed by atoms with Crippen molar-refractivity contribution in [1.29, 1.82) is 0 Å². The minimum atomic E-state index is -1.06. The first-order chi connectivity index (χ1) is 10.4. The number of rotatable bonds is 5. The molecule has 6 nitrogen and oxygen atoms in total. The number of ether oxygens (including phenoxy) is 2. The van der Waals surface area contributed by atoms with Crippen LogP contribution in [0.4, 0.5) is 0 Å². The van der Waals surface area contributed by atoms with Crippen molar-refractivity contribution in [2.45, 2.75) is 6.42 Å². The number of amides is 1. The van der Waals surface area contributed by atoms with E-state index in [0.29, 0.717) is 29.3 Å². The van der Waals surface area contributed by atoms with Gasteiger partial charge in [0, 0.05) is 25.2 Å². The van der Waals surface area contributed by atoms with E-state index in [9.17, 15) is 14.7 Å². The second kappa shape index (κ2) is 6.54. The first-order valence-corrected chi connectivity index (χ1v) is 7.16. The minimum absolute atomic E-state index is 0.0682. The van der Waals surface area contributed by atoms with Crippen molar-refractivity contribution >= 4 is 23.5 Å². The predicted octanol–water partition coefficient (Wildman–Crippen LogP) is 1.91. The van der Waals surface area contributed by atoms with E-state index in [2.05, 4.69) is 0 Å². The van der Waals surface area contributed by atoms with E-state index in [1.807, 2.05) is 0 Å². The normalized spacial score (nSPS) is 21.0. The Balaban J connectivity index is 2.25. The zero-order valence-electron chi connectivity index (χ0n) is 12.5. The summed E-state index contributed by atoms with van der Waals surface area (Å²) in [5.41, 5.74) is -0.732. The summed E-state index contributed by atoms with van der Waals surface area (Å²) in [5.74, 6) is -0.838. The molecule has 0 aliphatic carbocycles. The number of aliphatic carboxylic acids is 1. The lowest BCUT2D eigenvalue weighted by Crippen LogP contribution is -2.40. The van der Waals surface area contributed by atoms with Gasteiger partial charge < -0.3 is 19.5 Å². The molecule has 0 radical (unpaired) electrons. The van der Waals surface area contributed by atoms with Crippen molar-refractivity contribution in [1.82, 2.24) is 4.90 Å². The fraction of sp³-hybridized carbons (Fsp3) is 0.467. The monoisotopic (exact) mass is 327 g/mol. The molecule has 1 heterocycles. The fourth-order valence-corrected chi connectivity index (χ4v) is 2.87. The summed E-state index contributed by atoms with van der Waals surface area (Å²) in [6.45, 7) is 0.521. The number of carboxylic acid groups (broad SMARTS) is 1. The molecular formula is C15H18ClNO5. The molecule has 1 atom stereocenters. The van der Waals surface area contributed by atoms with Crippen LogP contribution in [-0.2, 0) is 9.53 Å². The van der Waals surface area contributed by atoms with Crippen LogP contribution in [0.15, 0.2) is 18.2 Å². The van der Waals surface area contributed by atoms with Gasteiger partial charge in [-0.05, 0) is 24.6 Å². The van der Waals surface area contributed by atoms with E-state index in [1.54, 1.807) is 12.1 Å². The topological polar surface area (TPSA) is 76.1 Å². The smallest absolute Gasteiger partial charge is 0.313 e. The van der Waals surface area contributed by atoms with Gasteiger partial charge >= 0.3 is 5.97 Å². The molecule has 0 bridgehead atoms. The molecule has 120 valence electrons. The van der Waals surface area contributed by atoms with E-state index in [1.165, 1.54) is 25.2 Å². The van der Waals surface area contributed by atoms with Gasteiger partial charge in [-0.3, -0.25) is 9.59 Å². The van der Waals surface area contributed by atoms with E-state index >= 15 is 0 Å². The van der Waals surface area contributed by atoms with Gasteiger partial charge in [0.2, 0.25) is 0 Å². The third-order valence-corrected chi connectivity index (χ3v) is 4.14. The van der Waals surface area contributed by atoms with E-state index in [4.69, 9.17) is 21.1 Å². The molecule has 0 spiro atoms. The molecule has 1 aliphatic heterocycles. The molecule has 1 N–H and O–H groups in total. The molecule has 1 aromatic carbocycles. The number of carbonyl (C=O) groups excluding carboxylic acids is 1. The maximum atomic E-state index is 12.6. The SMILES string of the molecule is COCC1(C(=O)O)CCN(C(=O)c2cc(Cl)ccc2OC)C1. The van der Waals surface area contributed by atoms with Crippen molar-refractivity contribution in [3.8, 4) is 5.75 Å². The maximum absolute atomic E-state index is 12.6. The second-order valence-electron chi connectivity index (χ2n) is 5.34. The standard InChI is InChI=1S/C15H18ClNO5/c1-21-9-15(14(19)20)5-6-17(8-15)13(18)11-7-10(16)3-4-12(11)22-2/h3-4,7H,5-6,8-9H2,1-2H3,(H,19,20). The Morgan fingerprint density at radius 2 is 2.14 bits per heavy atom. The third kappa shape index (κ3) is 3.03. The van der Waals surface area contributed by atoms with Gasteiger partial charge in [-0.2, -0.15) is 0 Å². The highest BCUT2D eigenvalue weighted by atomic mass is 35.5. The Morgan fingerprint density at radius 3 is 2.73 bits per heavy atom. The average molecular weight is 328 g/mol. The molecule has 1 amide bonds. The molecular weight excluding hydrogens is 310 g/mol. The Kier molecular flexibility index (Phi) is 4.93. The molecule has 1 aromatic rings. The van der Waals surface area contributed by atoms with Crippen LogP contribution in [0, 0.1) is 5.41 Å². The van der Waals surface area contributed by atoms with E-state index in [-0.39, 0.29) is 19.1 Å². The van der Waals surface area contributed by atoms with Crippen LogP contribution in [0.3, 0.4) is 0 Å². The second-order valence-corrected chi connectivity index (χ2v) is 5.78. The molecule has 0 saturated carbocycles.